The van der Waals surface area contributed by atoms with E-state index in [2.05, 4.69) is 10.3 Å². The number of hydrogen-bond acceptors (Lipinski definition) is 3. The molecule has 1 unspecified atom stereocenters. The van der Waals surface area contributed by atoms with Gasteiger partial charge < -0.3 is 15.4 Å². The summed E-state index contributed by atoms with van der Waals surface area (Å²) in [5.74, 6) is 0.0813. The van der Waals surface area contributed by atoms with Gasteiger partial charge in [0, 0.05) is 6.54 Å². The van der Waals surface area contributed by atoms with E-state index in [1.807, 2.05) is 26.0 Å². The number of nitrogens with one attached hydrogen (secondary N) is 2. The van der Waals surface area contributed by atoms with Crippen molar-refractivity contribution in [2.75, 3.05) is 6.54 Å². The Morgan fingerprint density at radius 1 is 1.38 bits per heavy atom. The molecule has 1 atom stereocenters. The topological polar surface area (TPSA) is 87.1 Å². The number of aromatic nitrogens is 2. The van der Waals surface area contributed by atoms with Crippen LogP contribution in [0.15, 0.2) is 29.1 Å². The van der Waals surface area contributed by atoms with Crippen molar-refractivity contribution in [2.24, 2.45) is 5.92 Å². The van der Waals surface area contributed by atoms with E-state index in [1.54, 1.807) is 12.1 Å². The van der Waals surface area contributed by atoms with Crippen molar-refractivity contribution in [3.63, 3.8) is 0 Å². The standard InChI is InChI=1S/C15H21N3O3/c1-10(2)7-11(19)8-16-14(20)9-18-13-6-4-3-5-12(13)17-15(18)21/h3-6,10-11,19H,7-9H2,1-2H3,(H,16,20)(H,17,21). The zero-order valence-corrected chi connectivity index (χ0v) is 12.3. The molecule has 0 aliphatic carbocycles. The van der Waals surface area contributed by atoms with Gasteiger partial charge in [0.25, 0.3) is 0 Å². The van der Waals surface area contributed by atoms with E-state index in [4.69, 9.17) is 0 Å². The van der Waals surface area contributed by atoms with Crippen LogP contribution < -0.4 is 11.0 Å². The summed E-state index contributed by atoms with van der Waals surface area (Å²) in [6, 6.07) is 7.22. The van der Waals surface area contributed by atoms with Gasteiger partial charge in [-0.1, -0.05) is 26.0 Å². The van der Waals surface area contributed by atoms with Crippen molar-refractivity contribution in [2.45, 2.75) is 32.9 Å². The number of fused-ring (bicyclic) bond motifs is 1. The van der Waals surface area contributed by atoms with Crippen LogP contribution in [-0.2, 0) is 11.3 Å². The summed E-state index contributed by atoms with van der Waals surface area (Å²) in [7, 11) is 0. The number of para-hydroxylation sites is 2. The van der Waals surface area contributed by atoms with Crippen molar-refractivity contribution in [1.82, 2.24) is 14.9 Å². The molecule has 0 spiro atoms. The molecule has 1 amide bonds. The second-order valence-corrected chi connectivity index (χ2v) is 5.62. The van der Waals surface area contributed by atoms with Crippen molar-refractivity contribution >= 4 is 16.9 Å². The van der Waals surface area contributed by atoms with Crippen LogP contribution in [-0.4, -0.2) is 33.2 Å². The molecule has 1 aromatic carbocycles. The molecule has 21 heavy (non-hydrogen) atoms. The van der Waals surface area contributed by atoms with Crippen molar-refractivity contribution in [3.05, 3.63) is 34.7 Å². The molecule has 6 heteroatoms. The molecule has 0 saturated carbocycles. The van der Waals surface area contributed by atoms with Crippen molar-refractivity contribution in [1.29, 1.82) is 0 Å². The monoisotopic (exact) mass is 291 g/mol. The number of carbonyl (C=O) groups excluding carboxylic acids is 1. The maximum absolute atomic E-state index is 11.9. The molecule has 3 N–H and O–H groups in total. The first kappa shape index (κ1) is 15.3. The van der Waals surface area contributed by atoms with Gasteiger partial charge in [-0.25, -0.2) is 4.79 Å². The average molecular weight is 291 g/mol. The number of imidazole rings is 1. The van der Waals surface area contributed by atoms with E-state index in [9.17, 15) is 14.7 Å². The van der Waals surface area contributed by atoms with Gasteiger partial charge in [0.05, 0.1) is 17.1 Å². The Labute approximate surface area is 122 Å². The lowest BCUT2D eigenvalue weighted by Crippen LogP contribution is -2.36. The fourth-order valence-corrected chi connectivity index (χ4v) is 2.32. The second kappa shape index (κ2) is 6.58. The third-order valence-electron chi connectivity index (χ3n) is 3.26. The number of hydrogen-bond donors (Lipinski definition) is 3. The molecule has 0 bridgehead atoms. The summed E-state index contributed by atoms with van der Waals surface area (Å²) in [6.45, 7) is 4.17. The van der Waals surface area contributed by atoms with Gasteiger partial charge in [0.1, 0.15) is 6.54 Å². The van der Waals surface area contributed by atoms with E-state index in [0.717, 1.165) is 0 Å². The quantitative estimate of drug-likeness (QED) is 0.737. The third-order valence-corrected chi connectivity index (χ3v) is 3.26. The van der Waals surface area contributed by atoms with Crippen LogP contribution in [0.1, 0.15) is 20.3 Å². The van der Waals surface area contributed by atoms with Crippen LogP contribution in [0.25, 0.3) is 11.0 Å². The first-order chi connectivity index (χ1) is 9.97. The van der Waals surface area contributed by atoms with Gasteiger partial charge in [-0.2, -0.15) is 0 Å². The van der Waals surface area contributed by atoms with Crippen LogP contribution in [0, 0.1) is 5.92 Å². The first-order valence-corrected chi connectivity index (χ1v) is 7.09. The summed E-state index contributed by atoms with van der Waals surface area (Å²) in [4.78, 5) is 26.4. The van der Waals surface area contributed by atoms with E-state index < -0.39 is 6.10 Å². The van der Waals surface area contributed by atoms with E-state index in [0.29, 0.717) is 23.4 Å². The maximum Gasteiger partial charge on any atom is 0.326 e. The summed E-state index contributed by atoms with van der Waals surface area (Å²) >= 11 is 0. The van der Waals surface area contributed by atoms with Gasteiger partial charge in [0.15, 0.2) is 0 Å². The summed E-state index contributed by atoms with van der Waals surface area (Å²) in [5, 5.41) is 12.4. The molecule has 0 aliphatic rings. The summed E-state index contributed by atoms with van der Waals surface area (Å²) in [5.41, 5.74) is 1.09. The number of aliphatic hydroxyl groups excluding tert-OH is 1. The molecule has 1 aromatic heterocycles. The van der Waals surface area contributed by atoms with Crippen LogP contribution >= 0.6 is 0 Å². The predicted octanol–water partition coefficient (Wildman–Crippen LogP) is 0.853. The molecule has 0 radical (unpaired) electrons. The molecule has 0 aliphatic heterocycles. The molecule has 1 heterocycles. The van der Waals surface area contributed by atoms with Gasteiger partial charge in [-0.15, -0.1) is 0 Å². The lowest BCUT2D eigenvalue weighted by Gasteiger charge is -2.14. The number of benzene rings is 1. The predicted molar refractivity (Wildman–Crippen MR) is 81.0 cm³/mol. The number of nitrogens with zero attached hydrogens (tertiary/aromatic N) is 1. The van der Waals surface area contributed by atoms with Gasteiger partial charge in [-0.05, 0) is 24.5 Å². The number of amides is 1. The van der Waals surface area contributed by atoms with Crippen LogP contribution in [0.3, 0.4) is 0 Å². The lowest BCUT2D eigenvalue weighted by atomic mass is 10.1. The van der Waals surface area contributed by atoms with Crippen LogP contribution in [0.5, 0.6) is 0 Å². The first-order valence-electron chi connectivity index (χ1n) is 7.09. The molecular formula is C15H21N3O3. The maximum atomic E-state index is 11.9. The minimum atomic E-state index is -0.561. The summed E-state index contributed by atoms with van der Waals surface area (Å²) in [6.07, 6.45) is 0.0708. The molecule has 0 saturated heterocycles. The third kappa shape index (κ3) is 3.95. The van der Waals surface area contributed by atoms with E-state index >= 15 is 0 Å². The Bertz CT molecular complexity index is 672. The van der Waals surface area contributed by atoms with E-state index in [-0.39, 0.29) is 24.7 Å². The smallest absolute Gasteiger partial charge is 0.326 e. The fourth-order valence-electron chi connectivity index (χ4n) is 2.32. The SMILES string of the molecule is CC(C)CC(O)CNC(=O)Cn1c(=O)[nH]c2ccccc21. The Kier molecular flexibility index (Phi) is 4.80. The van der Waals surface area contributed by atoms with Crippen molar-refractivity contribution < 1.29 is 9.90 Å². The number of aromatic amines is 1. The van der Waals surface area contributed by atoms with Gasteiger partial charge in [0.2, 0.25) is 5.91 Å². The molecular weight excluding hydrogens is 270 g/mol. The number of rotatable bonds is 6. The molecule has 114 valence electrons. The molecule has 6 nitrogen and oxygen atoms in total. The minimum absolute atomic E-state index is 0.0583. The average Bonchev–Trinajstić information content (AvgIpc) is 2.72. The highest BCUT2D eigenvalue weighted by Crippen LogP contribution is 2.08. The summed E-state index contributed by atoms with van der Waals surface area (Å²) < 4.78 is 1.39. The Morgan fingerprint density at radius 2 is 2.10 bits per heavy atom. The Balaban J connectivity index is 1.99. The molecule has 2 rings (SSSR count). The Morgan fingerprint density at radius 3 is 2.81 bits per heavy atom. The highest BCUT2D eigenvalue weighted by Gasteiger charge is 2.12. The highest BCUT2D eigenvalue weighted by molar-refractivity contribution is 5.80. The number of H-pyrrole nitrogens is 1. The van der Waals surface area contributed by atoms with Gasteiger partial charge >= 0.3 is 5.69 Å². The van der Waals surface area contributed by atoms with Crippen molar-refractivity contribution in [3.8, 4) is 0 Å². The molecule has 0 fully saturated rings. The van der Waals surface area contributed by atoms with Gasteiger partial charge in [-0.3, -0.25) is 9.36 Å². The lowest BCUT2D eigenvalue weighted by molar-refractivity contribution is -0.122. The Hall–Kier alpha value is -2.08. The number of carbonyl (C=O) groups is 1. The fraction of sp³-hybridized carbons (Fsp3) is 0.467. The zero-order valence-electron chi connectivity index (χ0n) is 12.3. The highest BCUT2D eigenvalue weighted by atomic mass is 16.3. The minimum Gasteiger partial charge on any atom is -0.391 e. The van der Waals surface area contributed by atoms with E-state index in [1.165, 1.54) is 4.57 Å². The normalized spacial score (nSPS) is 12.8. The second-order valence-electron chi connectivity index (χ2n) is 5.62. The van der Waals surface area contributed by atoms with Crippen LogP contribution in [0.2, 0.25) is 0 Å². The largest absolute Gasteiger partial charge is 0.391 e. The number of aliphatic hydroxyl groups is 1. The zero-order chi connectivity index (χ0) is 15.4. The molecule has 2 aromatic rings. The van der Waals surface area contributed by atoms with Crippen LogP contribution in [0.4, 0.5) is 0 Å².